The number of nitrogen functional groups attached to an aromatic ring is 1. The van der Waals surface area contributed by atoms with Crippen LogP contribution in [-0.2, 0) is 4.74 Å². The largest absolute Gasteiger partial charge is 0.465 e. The fourth-order valence-corrected chi connectivity index (χ4v) is 2.49. The van der Waals surface area contributed by atoms with Crippen LogP contribution in [0.4, 0.5) is 11.5 Å². The van der Waals surface area contributed by atoms with Crippen LogP contribution >= 0.6 is 11.3 Å². The molecule has 20 heavy (non-hydrogen) atoms. The molecule has 0 radical (unpaired) electrons. The van der Waals surface area contributed by atoms with E-state index in [0.717, 1.165) is 9.88 Å². The van der Waals surface area contributed by atoms with Gasteiger partial charge < -0.3 is 15.8 Å². The third-order valence-corrected chi connectivity index (χ3v) is 3.85. The smallest absolute Gasteiger partial charge is 0.340 e. The molecule has 2 rings (SSSR count). The molecule has 0 aliphatic heterocycles. The SMILES string of the molecule is COC(=O)c1ccnc(NC(C)c2ncc(C)s2)c1N. The van der Waals surface area contributed by atoms with Crippen LogP contribution in [0.1, 0.15) is 33.2 Å². The summed E-state index contributed by atoms with van der Waals surface area (Å²) < 4.78 is 4.68. The quantitative estimate of drug-likeness (QED) is 0.841. The van der Waals surface area contributed by atoms with Gasteiger partial charge in [0.2, 0.25) is 0 Å². The maximum absolute atomic E-state index is 11.6. The highest BCUT2D eigenvalue weighted by molar-refractivity contribution is 7.11. The van der Waals surface area contributed by atoms with Gasteiger partial charge in [0.05, 0.1) is 24.4 Å². The van der Waals surface area contributed by atoms with Gasteiger partial charge in [-0.15, -0.1) is 11.3 Å². The van der Waals surface area contributed by atoms with Gasteiger partial charge in [0.15, 0.2) is 5.82 Å². The molecule has 3 N–H and O–H groups in total. The fourth-order valence-electron chi connectivity index (χ4n) is 1.72. The van der Waals surface area contributed by atoms with Gasteiger partial charge in [-0.05, 0) is 19.9 Å². The number of aryl methyl sites for hydroxylation is 1. The van der Waals surface area contributed by atoms with E-state index in [9.17, 15) is 4.79 Å². The molecule has 0 fully saturated rings. The summed E-state index contributed by atoms with van der Waals surface area (Å²) in [5.41, 5.74) is 6.52. The number of ether oxygens (including phenoxy) is 1. The van der Waals surface area contributed by atoms with Crippen molar-refractivity contribution in [1.29, 1.82) is 0 Å². The Balaban J connectivity index is 2.23. The number of nitrogens with zero attached hydrogens (tertiary/aromatic N) is 2. The average Bonchev–Trinajstić information content (AvgIpc) is 2.87. The molecular weight excluding hydrogens is 276 g/mol. The Kier molecular flexibility index (Phi) is 4.19. The van der Waals surface area contributed by atoms with Crippen LogP contribution in [0.25, 0.3) is 0 Å². The molecule has 0 spiro atoms. The average molecular weight is 292 g/mol. The van der Waals surface area contributed by atoms with E-state index in [0.29, 0.717) is 11.4 Å². The maximum Gasteiger partial charge on any atom is 0.340 e. The van der Waals surface area contributed by atoms with Crippen molar-refractivity contribution in [3.05, 3.63) is 33.9 Å². The van der Waals surface area contributed by atoms with E-state index in [1.807, 2.05) is 20.0 Å². The standard InChI is InChI=1S/C13H16N4O2S/c1-7-6-16-12(20-7)8(2)17-11-10(14)9(4-5-15-11)13(18)19-3/h4-6,8H,14H2,1-3H3,(H,15,17). The van der Waals surface area contributed by atoms with Gasteiger partial charge in [0.1, 0.15) is 5.01 Å². The molecule has 0 aromatic carbocycles. The zero-order valence-electron chi connectivity index (χ0n) is 11.5. The molecule has 2 aromatic rings. The number of nitrogens with one attached hydrogen (secondary N) is 1. The van der Waals surface area contributed by atoms with Crippen LogP contribution in [-0.4, -0.2) is 23.0 Å². The van der Waals surface area contributed by atoms with Crippen LogP contribution in [0.3, 0.4) is 0 Å². The molecular formula is C13H16N4O2S. The number of hydrogen-bond acceptors (Lipinski definition) is 7. The Labute approximate surface area is 121 Å². The van der Waals surface area contributed by atoms with E-state index in [2.05, 4.69) is 20.0 Å². The summed E-state index contributed by atoms with van der Waals surface area (Å²) in [4.78, 5) is 21.2. The van der Waals surface area contributed by atoms with E-state index in [4.69, 9.17) is 5.73 Å². The lowest BCUT2D eigenvalue weighted by atomic mass is 10.2. The molecule has 0 saturated carbocycles. The number of methoxy groups -OCH3 is 1. The van der Waals surface area contributed by atoms with Crippen molar-refractivity contribution in [3.8, 4) is 0 Å². The number of aromatic nitrogens is 2. The lowest BCUT2D eigenvalue weighted by Gasteiger charge is -2.15. The molecule has 0 saturated heterocycles. The second kappa shape index (κ2) is 5.87. The molecule has 0 aliphatic rings. The van der Waals surface area contributed by atoms with Crippen LogP contribution < -0.4 is 11.1 Å². The van der Waals surface area contributed by atoms with Crippen LogP contribution in [0.15, 0.2) is 18.5 Å². The minimum Gasteiger partial charge on any atom is -0.465 e. The Bertz CT molecular complexity index is 627. The van der Waals surface area contributed by atoms with E-state index in [-0.39, 0.29) is 11.7 Å². The first kappa shape index (κ1) is 14.3. The highest BCUT2D eigenvalue weighted by Crippen LogP contribution is 2.27. The third-order valence-electron chi connectivity index (χ3n) is 2.76. The third kappa shape index (κ3) is 2.88. The van der Waals surface area contributed by atoms with E-state index in [1.54, 1.807) is 11.3 Å². The van der Waals surface area contributed by atoms with Gasteiger partial charge in [0, 0.05) is 17.3 Å². The molecule has 1 atom stereocenters. The topological polar surface area (TPSA) is 90.1 Å². The monoisotopic (exact) mass is 292 g/mol. The normalized spacial score (nSPS) is 11.9. The van der Waals surface area contributed by atoms with Crippen molar-refractivity contribution in [2.75, 3.05) is 18.2 Å². The number of rotatable bonds is 4. The molecule has 1 unspecified atom stereocenters. The highest BCUT2D eigenvalue weighted by atomic mass is 32.1. The van der Waals surface area contributed by atoms with Crippen LogP contribution in [0, 0.1) is 6.92 Å². The van der Waals surface area contributed by atoms with E-state index >= 15 is 0 Å². The molecule has 2 aromatic heterocycles. The fraction of sp³-hybridized carbons (Fsp3) is 0.308. The highest BCUT2D eigenvalue weighted by Gasteiger charge is 2.16. The molecule has 106 valence electrons. The summed E-state index contributed by atoms with van der Waals surface area (Å²) in [6.45, 7) is 3.96. The van der Waals surface area contributed by atoms with Crippen molar-refractivity contribution in [2.45, 2.75) is 19.9 Å². The number of carbonyl (C=O) groups is 1. The predicted octanol–water partition coefficient (Wildman–Crippen LogP) is 2.39. The maximum atomic E-state index is 11.6. The van der Waals surface area contributed by atoms with Crippen molar-refractivity contribution in [3.63, 3.8) is 0 Å². The Morgan fingerprint density at radius 3 is 2.85 bits per heavy atom. The molecule has 0 amide bonds. The van der Waals surface area contributed by atoms with Gasteiger partial charge in [-0.1, -0.05) is 0 Å². The summed E-state index contributed by atoms with van der Waals surface area (Å²) in [5, 5.41) is 4.10. The van der Waals surface area contributed by atoms with Crippen LogP contribution in [0.5, 0.6) is 0 Å². The van der Waals surface area contributed by atoms with Crippen molar-refractivity contribution < 1.29 is 9.53 Å². The molecule has 2 heterocycles. The first-order valence-electron chi connectivity index (χ1n) is 6.04. The Hall–Kier alpha value is -2.15. The lowest BCUT2D eigenvalue weighted by molar-refractivity contribution is 0.0602. The molecule has 7 heteroatoms. The lowest BCUT2D eigenvalue weighted by Crippen LogP contribution is -2.13. The van der Waals surface area contributed by atoms with Crippen molar-refractivity contribution >= 4 is 28.8 Å². The summed E-state index contributed by atoms with van der Waals surface area (Å²) in [5.74, 6) is -0.0288. The zero-order chi connectivity index (χ0) is 14.7. The Morgan fingerprint density at radius 2 is 2.25 bits per heavy atom. The van der Waals surface area contributed by atoms with Gasteiger partial charge in [-0.2, -0.15) is 0 Å². The minimum atomic E-state index is -0.481. The number of carbonyl (C=O) groups excluding carboxylic acids is 1. The van der Waals surface area contributed by atoms with Crippen molar-refractivity contribution in [2.24, 2.45) is 0 Å². The van der Waals surface area contributed by atoms with Crippen LogP contribution in [0.2, 0.25) is 0 Å². The van der Waals surface area contributed by atoms with E-state index < -0.39 is 5.97 Å². The van der Waals surface area contributed by atoms with Gasteiger partial charge in [-0.3, -0.25) is 0 Å². The van der Waals surface area contributed by atoms with Crippen molar-refractivity contribution in [1.82, 2.24) is 9.97 Å². The minimum absolute atomic E-state index is 0.0450. The number of nitrogens with two attached hydrogens (primary N) is 1. The van der Waals surface area contributed by atoms with Gasteiger partial charge >= 0.3 is 5.97 Å². The Morgan fingerprint density at radius 1 is 1.50 bits per heavy atom. The first-order valence-corrected chi connectivity index (χ1v) is 6.86. The second-order valence-electron chi connectivity index (χ2n) is 4.29. The number of pyridine rings is 1. The number of hydrogen-bond donors (Lipinski definition) is 2. The summed E-state index contributed by atoms with van der Waals surface area (Å²) in [6, 6.07) is 1.49. The molecule has 6 nitrogen and oxygen atoms in total. The number of esters is 1. The van der Waals surface area contributed by atoms with Gasteiger partial charge in [0.25, 0.3) is 0 Å². The second-order valence-corrected chi connectivity index (χ2v) is 5.55. The summed E-state index contributed by atoms with van der Waals surface area (Å²) in [7, 11) is 1.32. The summed E-state index contributed by atoms with van der Waals surface area (Å²) in [6.07, 6.45) is 3.34. The summed E-state index contributed by atoms with van der Waals surface area (Å²) >= 11 is 1.60. The van der Waals surface area contributed by atoms with Gasteiger partial charge in [-0.25, -0.2) is 14.8 Å². The molecule has 0 bridgehead atoms. The number of thiazole rings is 1. The number of anilines is 2. The molecule has 0 aliphatic carbocycles. The predicted molar refractivity (Wildman–Crippen MR) is 78.9 cm³/mol. The van der Waals surface area contributed by atoms with E-state index in [1.165, 1.54) is 19.4 Å². The first-order chi connectivity index (χ1) is 9.52. The zero-order valence-corrected chi connectivity index (χ0v) is 12.3.